The van der Waals surface area contributed by atoms with E-state index in [4.69, 9.17) is 0 Å². The molecule has 0 unspecified atom stereocenters. The van der Waals surface area contributed by atoms with Crippen LogP contribution in [0.1, 0.15) is 5.69 Å². The Hall–Kier alpha value is -2.04. The van der Waals surface area contributed by atoms with Gasteiger partial charge in [0.05, 0.1) is 0 Å². The van der Waals surface area contributed by atoms with Crippen LogP contribution in [0.2, 0.25) is 0 Å². The second kappa shape index (κ2) is 3.02. The molecular formula is C9H9N3O2. The van der Waals surface area contributed by atoms with Crippen LogP contribution in [0.25, 0.3) is 6.08 Å². The van der Waals surface area contributed by atoms with Crippen LogP contribution in [-0.4, -0.2) is 16.5 Å². The van der Waals surface area contributed by atoms with Gasteiger partial charge < -0.3 is 9.88 Å². The van der Waals surface area contributed by atoms with Crippen molar-refractivity contribution in [3.63, 3.8) is 0 Å². The molecule has 14 heavy (non-hydrogen) atoms. The summed E-state index contributed by atoms with van der Waals surface area (Å²) in [6.07, 6.45) is 3.49. The lowest BCUT2D eigenvalue weighted by atomic mass is 10.3. The van der Waals surface area contributed by atoms with Gasteiger partial charge in [-0.15, -0.1) is 0 Å². The first-order valence-corrected chi connectivity index (χ1v) is 4.12. The number of rotatable bonds is 1. The smallest absolute Gasteiger partial charge is 0.326 e. The summed E-state index contributed by atoms with van der Waals surface area (Å²) in [7, 11) is 1.86. The van der Waals surface area contributed by atoms with Gasteiger partial charge >= 0.3 is 6.03 Å². The molecule has 3 amide bonds. The van der Waals surface area contributed by atoms with Crippen molar-refractivity contribution in [2.45, 2.75) is 0 Å². The molecule has 1 aliphatic rings. The van der Waals surface area contributed by atoms with Gasteiger partial charge in [0, 0.05) is 18.9 Å². The number of urea groups is 1. The fourth-order valence-corrected chi connectivity index (χ4v) is 1.25. The van der Waals surface area contributed by atoms with Crippen LogP contribution in [0.5, 0.6) is 0 Å². The fraction of sp³-hybridized carbons (Fsp3) is 0.111. The molecule has 0 radical (unpaired) electrons. The van der Waals surface area contributed by atoms with Gasteiger partial charge in [-0.05, 0) is 18.2 Å². The third-order valence-corrected chi connectivity index (χ3v) is 2.00. The molecule has 1 aromatic rings. The number of amides is 3. The van der Waals surface area contributed by atoms with E-state index >= 15 is 0 Å². The van der Waals surface area contributed by atoms with Crippen LogP contribution < -0.4 is 10.6 Å². The zero-order valence-electron chi connectivity index (χ0n) is 7.57. The Bertz CT molecular complexity index is 431. The van der Waals surface area contributed by atoms with Crippen LogP contribution in [0.4, 0.5) is 4.79 Å². The van der Waals surface area contributed by atoms with Crippen molar-refractivity contribution >= 4 is 18.0 Å². The van der Waals surface area contributed by atoms with Crippen molar-refractivity contribution in [1.82, 2.24) is 15.2 Å². The quantitative estimate of drug-likeness (QED) is 0.492. The summed E-state index contributed by atoms with van der Waals surface area (Å²) < 4.78 is 1.85. The SMILES string of the molecule is Cn1cccc1/C=C1\NC(=O)NC1=O. The average Bonchev–Trinajstić information content (AvgIpc) is 2.62. The third-order valence-electron chi connectivity index (χ3n) is 2.00. The number of aryl methyl sites for hydroxylation is 1. The van der Waals surface area contributed by atoms with Crippen molar-refractivity contribution in [3.05, 3.63) is 29.7 Å². The zero-order valence-corrected chi connectivity index (χ0v) is 7.57. The summed E-state index contributed by atoms with van der Waals surface area (Å²) in [6.45, 7) is 0. The predicted octanol–water partition coefficient (Wildman–Crippen LogP) is 0.205. The van der Waals surface area contributed by atoms with E-state index in [1.54, 1.807) is 6.08 Å². The first-order valence-electron chi connectivity index (χ1n) is 4.12. The molecule has 1 aliphatic heterocycles. The normalized spacial score (nSPS) is 18.5. The molecule has 2 heterocycles. The fourth-order valence-electron chi connectivity index (χ4n) is 1.25. The number of imide groups is 1. The molecule has 0 aliphatic carbocycles. The van der Waals surface area contributed by atoms with Gasteiger partial charge in [0.1, 0.15) is 5.70 Å². The molecule has 5 nitrogen and oxygen atoms in total. The highest BCUT2D eigenvalue weighted by atomic mass is 16.2. The van der Waals surface area contributed by atoms with Crippen molar-refractivity contribution in [2.75, 3.05) is 0 Å². The molecule has 5 heteroatoms. The summed E-state index contributed by atoms with van der Waals surface area (Å²) in [5.41, 5.74) is 1.13. The van der Waals surface area contributed by atoms with Crippen molar-refractivity contribution in [1.29, 1.82) is 0 Å². The number of nitrogens with one attached hydrogen (secondary N) is 2. The molecule has 0 saturated carbocycles. The maximum Gasteiger partial charge on any atom is 0.326 e. The van der Waals surface area contributed by atoms with E-state index in [-0.39, 0.29) is 5.70 Å². The lowest BCUT2D eigenvalue weighted by Crippen LogP contribution is -2.22. The molecular weight excluding hydrogens is 182 g/mol. The lowest BCUT2D eigenvalue weighted by Gasteiger charge is -1.97. The van der Waals surface area contributed by atoms with Crippen LogP contribution in [0.15, 0.2) is 24.0 Å². The van der Waals surface area contributed by atoms with Gasteiger partial charge in [-0.2, -0.15) is 0 Å². The number of nitrogens with zero attached hydrogens (tertiary/aromatic N) is 1. The molecule has 72 valence electrons. The van der Waals surface area contributed by atoms with E-state index in [9.17, 15) is 9.59 Å². The Morgan fingerprint density at radius 1 is 1.36 bits per heavy atom. The molecule has 1 fully saturated rings. The maximum absolute atomic E-state index is 11.2. The summed E-state index contributed by atoms with van der Waals surface area (Å²) in [4.78, 5) is 21.9. The summed E-state index contributed by atoms with van der Waals surface area (Å²) >= 11 is 0. The third kappa shape index (κ3) is 1.39. The average molecular weight is 191 g/mol. The largest absolute Gasteiger partial charge is 0.351 e. The molecule has 2 rings (SSSR count). The van der Waals surface area contributed by atoms with Crippen molar-refractivity contribution in [2.24, 2.45) is 7.05 Å². The first kappa shape index (κ1) is 8.55. The molecule has 0 atom stereocenters. The first-order chi connectivity index (χ1) is 6.66. The second-order valence-corrected chi connectivity index (χ2v) is 3.01. The van der Waals surface area contributed by atoms with Crippen LogP contribution in [0.3, 0.4) is 0 Å². The van der Waals surface area contributed by atoms with E-state index in [2.05, 4.69) is 10.6 Å². The maximum atomic E-state index is 11.2. The number of hydrogen-bond donors (Lipinski definition) is 2. The number of hydrogen-bond acceptors (Lipinski definition) is 2. The number of carbonyl (C=O) groups excluding carboxylic acids is 2. The molecule has 1 aromatic heterocycles. The number of aromatic nitrogens is 1. The molecule has 0 spiro atoms. The Kier molecular flexibility index (Phi) is 1.85. The Balaban J connectivity index is 2.32. The monoisotopic (exact) mass is 191 g/mol. The highest BCUT2D eigenvalue weighted by Gasteiger charge is 2.22. The summed E-state index contributed by atoms with van der Waals surface area (Å²) in [5.74, 6) is -0.392. The summed E-state index contributed by atoms with van der Waals surface area (Å²) in [5, 5.41) is 4.55. The van der Waals surface area contributed by atoms with Crippen LogP contribution >= 0.6 is 0 Å². The van der Waals surface area contributed by atoms with E-state index in [1.807, 2.05) is 29.9 Å². The highest BCUT2D eigenvalue weighted by molar-refractivity contribution is 6.13. The van der Waals surface area contributed by atoms with E-state index < -0.39 is 11.9 Å². The van der Waals surface area contributed by atoms with Gasteiger partial charge in [-0.3, -0.25) is 10.1 Å². The summed E-state index contributed by atoms with van der Waals surface area (Å²) in [6, 6.07) is 3.24. The minimum absolute atomic E-state index is 0.275. The standard InChI is InChI=1S/C9H9N3O2/c1-12-4-2-3-6(12)5-7-8(13)11-9(14)10-7/h2-5H,1H3,(H2,10,11,13,14)/b7-5-. The lowest BCUT2D eigenvalue weighted by molar-refractivity contribution is -0.115. The molecule has 0 aromatic carbocycles. The zero-order chi connectivity index (χ0) is 10.1. The molecule has 1 saturated heterocycles. The van der Waals surface area contributed by atoms with Crippen LogP contribution in [0, 0.1) is 0 Å². The van der Waals surface area contributed by atoms with E-state index in [0.29, 0.717) is 0 Å². The van der Waals surface area contributed by atoms with Crippen LogP contribution in [-0.2, 0) is 11.8 Å². The van der Waals surface area contributed by atoms with Crippen molar-refractivity contribution < 1.29 is 9.59 Å². The molecule has 0 bridgehead atoms. The van der Waals surface area contributed by atoms with Crippen molar-refractivity contribution in [3.8, 4) is 0 Å². The number of carbonyl (C=O) groups is 2. The van der Waals surface area contributed by atoms with Gasteiger partial charge in [-0.25, -0.2) is 4.79 Å². The van der Waals surface area contributed by atoms with E-state index in [0.717, 1.165) is 5.69 Å². The molecule has 2 N–H and O–H groups in total. The van der Waals surface area contributed by atoms with Gasteiger partial charge in [0.25, 0.3) is 5.91 Å². The van der Waals surface area contributed by atoms with Gasteiger partial charge in [-0.1, -0.05) is 0 Å². The van der Waals surface area contributed by atoms with Gasteiger partial charge in [0.15, 0.2) is 0 Å². The van der Waals surface area contributed by atoms with E-state index in [1.165, 1.54) is 0 Å². The highest BCUT2D eigenvalue weighted by Crippen LogP contribution is 2.07. The predicted molar refractivity (Wildman–Crippen MR) is 50.1 cm³/mol. The Morgan fingerprint density at radius 2 is 2.14 bits per heavy atom. The second-order valence-electron chi connectivity index (χ2n) is 3.01. The Morgan fingerprint density at radius 3 is 2.64 bits per heavy atom. The van der Waals surface area contributed by atoms with Gasteiger partial charge in [0.2, 0.25) is 0 Å². The Labute approximate surface area is 80.4 Å². The minimum atomic E-state index is -0.476. The topological polar surface area (TPSA) is 63.1 Å². The minimum Gasteiger partial charge on any atom is -0.351 e.